The normalized spacial score (nSPS) is 11.4. The lowest BCUT2D eigenvalue weighted by Gasteiger charge is -2.22. The highest BCUT2D eigenvalue weighted by molar-refractivity contribution is 7.90. The van der Waals surface area contributed by atoms with Crippen molar-refractivity contribution in [2.45, 2.75) is 18.7 Å². The van der Waals surface area contributed by atoms with Crippen molar-refractivity contribution < 1.29 is 8.42 Å². The van der Waals surface area contributed by atoms with Gasteiger partial charge < -0.3 is 10.6 Å². The first-order valence-electron chi connectivity index (χ1n) is 6.60. The predicted molar refractivity (Wildman–Crippen MR) is 87.9 cm³/mol. The Balaban J connectivity index is 2.46. The van der Waals surface area contributed by atoms with Crippen LogP contribution in [-0.2, 0) is 9.84 Å². The first-order chi connectivity index (χ1) is 9.68. The number of benzene rings is 2. The summed E-state index contributed by atoms with van der Waals surface area (Å²) in [6.07, 6.45) is 1.18. The van der Waals surface area contributed by atoms with Crippen LogP contribution < -0.4 is 10.6 Å². The predicted octanol–water partition coefficient (Wildman–Crippen LogP) is 3.06. The number of anilines is 3. The van der Waals surface area contributed by atoms with Gasteiger partial charge in [-0.25, -0.2) is 8.42 Å². The SMILES string of the molecule is Cc1cc(C)cc(N(C)c2ccc(S(C)(=O)=O)cc2N)c1. The summed E-state index contributed by atoms with van der Waals surface area (Å²) in [5.41, 5.74) is 10.6. The standard InChI is InChI=1S/C16H20N2O2S/c1-11-7-12(2)9-13(8-11)18(3)16-6-5-14(10-15(16)17)21(4,19)20/h5-10H,17H2,1-4H3. The van der Waals surface area contributed by atoms with Crippen LogP contribution in [0.1, 0.15) is 11.1 Å². The minimum absolute atomic E-state index is 0.234. The quantitative estimate of drug-likeness (QED) is 0.885. The molecule has 0 spiro atoms. The van der Waals surface area contributed by atoms with Gasteiger partial charge in [0.25, 0.3) is 0 Å². The van der Waals surface area contributed by atoms with Crippen molar-refractivity contribution in [3.63, 3.8) is 0 Å². The zero-order chi connectivity index (χ0) is 15.8. The maximum absolute atomic E-state index is 11.6. The van der Waals surface area contributed by atoms with Crippen molar-refractivity contribution >= 4 is 26.9 Å². The topological polar surface area (TPSA) is 63.4 Å². The van der Waals surface area contributed by atoms with Crippen LogP contribution in [0.25, 0.3) is 0 Å². The van der Waals surface area contributed by atoms with E-state index in [4.69, 9.17) is 5.73 Å². The van der Waals surface area contributed by atoms with Crippen molar-refractivity contribution in [3.05, 3.63) is 47.5 Å². The molecular weight excluding hydrogens is 284 g/mol. The van der Waals surface area contributed by atoms with E-state index in [1.54, 1.807) is 12.1 Å². The van der Waals surface area contributed by atoms with Gasteiger partial charge in [0.15, 0.2) is 9.84 Å². The van der Waals surface area contributed by atoms with Crippen LogP contribution in [0.2, 0.25) is 0 Å². The van der Waals surface area contributed by atoms with Gasteiger partial charge in [0.05, 0.1) is 16.3 Å². The van der Waals surface area contributed by atoms with Crippen LogP contribution in [-0.4, -0.2) is 21.7 Å². The second-order valence-electron chi connectivity index (χ2n) is 5.40. The highest BCUT2D eigenvalue weighted by Crippen LogP contribution is 2.31. The third kappa shape index (κ3) is 3.36. The maximum Gasteiger partial charge on any atom is 0.175 e. The van der Waals surface area contributed by atoms with E-state index >= 15 is 0 Å². The average molecular weight is 304 g/mol. The van der Waals surface area contributed by atoms with Crippen molar-refractivity contribution in [2.24, 2.45) is 0 Å². The fraction of sp³-hybridized carbons (Fsp3) is 0.250. The smallest absolute Gasteiger partial charge is 0.175 e. The maximum atomic E-state index is 11.6. The lowest BCUT2D eigenvalue weighted by molar-refractivity contribution is 0.602. The van der Waals surface area contributed by atoms with Crippen LogP contribution in [0.5, 0.6) is 0 Å². The molecule has 0 aromatic heterocycles. The monoisotopic (exact) mass is 304 g/mol. The Morgan fingerprint density at radius 3 is 2.05 bits per heavy atom. The summed E-state index contributed by atoms with van der Waals surface area (Å²) in [5.74, 6) is 0. The molecule has 4 nitrogen and oxygen atoms in total. The van der Waals surface area contributed by atoms with Gasteiger partial charge in [-0.1, -0.05) is 6.07 Å². The van der Waals surface area contributed by atoms with Crippen molar-refractivity contribution in [1.29, 1.82) is 0 Å². The molecule has 0 aliphatic carbocycles. The Bertz CT molecular complexity index is 763. The number of aryl methyl sites for hydroxylation is 2. The van der Waals surface area contributed by atoms with E-state index < -0.39 is 9.84 Å². The average Bonchev–Trinajstić information content (AvgIpc) is 2.35. The number of hydrogen-bond donors (Lipinski definition) is 1. The summed E-state index contributed by atoms with van der Waals surface area (Å²) in [6, 6.07) is 11.1. The lowest BCUT2D eigenvalue weighted by Crippen LogP contribution is -2.12. The van der Waals surface area contributed by atoms with Crippen molar-refractivity contribution in [1.82, 2.24) is 0 Å². The second-order valence-corrected chi connectivity index (χ2v) is 7.41. The molecule has 112 valence electrons. The number of nitrogens with two attached hydrogens (primary N) is 1. The van der Waals surface area contributed by atoms with E-state index in [0.717, 1.165) is 11.4 Å². The molecule has 2 rings (SSSR count). The lowest BCUT2D eigenvalue weighted by atomic mass is 10.1. The van der Waals surface area contributed by atoms with Crippen LogP contribution in [0.4, 0.5) is 17.1 Å². The van der Waals surface area contributed by atoms with Gasteiger partial charge in [0.2, 0.25) is 0 Å². The van der Waals surface area contributed by atoms with Crippen LogP contribution in [0, 0.1) is 13.8 Å². The molecule has 0 aliphatic rings. The van der Waals surface area contributed by atoms with Gasteiger partial charge in [-0.3, -0.25) is 0 Å². The third-order valence-electron chi connectivity index (χ3n) is 3.38. The highest BCUT2D eigenvalue weighted by Gasteiger charge is 2.13. The van der Waals surface area contributed by atoms with Crippen molar-refractivity contribution in [3.8, 4) is 0 Å². The number of nitrogen functional groups attached to an aromatic ring is 1. The summed E-state index contributed by atoms with van der Waals surface area (Å²) in [5, 5.41) is 0. The zero-order valence-corrected chi connectivity index (χ0v) is 13.5. The molecule has 0 atom stereocenters. The fourth-order valence-corrected chi connectivity index (χ4v) is 3.01. The van der Waals surface area contributed by atoms with Gasteiger partial charge in [-0.05, 0) is 55.3 Å². The number of sulfone groups is 1. The Kier molecular flexibility index (Phi) is 3.96. The molecule has 0 aliphatic heterocycles. The molecule has 0 saturated heterocycles. The highest BCUT2D eigenvalue weighted by atomic mass is 32.2. The summed E-state index contributed by atoms with van der Waals surface area (Å²) in [6.45, 7) is 4.08. The van der Waals surface area contributed by atoms with Gasteiger partial charge >= 0.3 is 0 Å². The van der Waals surface area contributed by atoms with Gasteiger partial charge in [-0.2, -0.15) is 0 Å². The zero-order valence-electron chi connectivity index (χ0n) is 12.7. The molecule has 0 heterocycles. The fourth-order valence-electron chi connectivity index (χ4n) is 2.35. The first-order valence-corrected chi connectivity index (χ1v) is 8.49. The van der Waals surface area contributed by atoms with Crippen LogP contribution >= 0.6 is 0 Å². The molecular formula is C16H20N2O2S. The van der Waals surface area contributed by atoms with Gasteiger partial charge in [-0.15, -0.1) is 0 Å². The Hall–Kier alpha value is -2.01. The molecule has 0 unspecified atom stereocenters. The Morgan fingerprint density at radius 1 is 1.00 bits per heavy atom. The third-order valence-corrected chi connectivity index (χ3v) is 4.49. The van der Waals surface area contributed by atoms with E-state index in [1.165, 1.54) is 23.4 Å². The van der Waals surface area contributed by atoms with Crippen molar-refractivity contribution in [2.75, 3.05) is 23.9 Å². The van der Waals surface area contributed by atoms with E-state index in [-0.39, 0.29) is 4.90 Å². The molecule has 0 bridgehead atoms. The molecule has 2 aromatic carbocycles. The van der Waals surface area contributed by atoms with E-state index in [2.05, 4.69) is 18.2 Å². The molecule has 0 fully saturated rings. The van der Waals surface area contributed by atoms with E-state index in [9.17, 15) is 8.42 Å². The number of rotatable bonds is 3. The summed E-state index contributed by atoms with van der Waals surface area (Å²) in [7, 11) is -1.33. The largest absolute Gasteiger partial charge is 0.397 e. The molecule has 5 heteroatoms. The minimum atomic E-state index is -3.24. The van der Waals surface area contributed by atoms with Gasteiger partial charge in [0.1, 0.15) is 0 Å². The minimum Gasteiger partial charge on any atom is -0.397 e. The van der Waals surface area contributed by atoms with E-state index in [1.807, 2.05) is 25.8 Å². The second kappa shape index (κ2) is 5.41. The number of nitrogens with zero attached hydrogens (tertiary/aromatic N) is 1. The Morgan fingerprint density at radius 2 is 1.57 bits per heavy atom. The molecule has 2 aromatic rings. The summed E-state index contributed by atoms with van der Waals surface area (Å²) >= 11 is 0. The Labute approximate surface area is 126 Å². The first kappa shape index (κ1) is 15.4. The van der Waals surface area contributed by atoms with Gasteiger partial charge in [0, 0.05) is 19.0 Å². The summed E-state index contributed by atoms with van der Waals surface area (Å²) in [4.78, 5) is 2.19. The molecule has 0 amide bonds. The summed E-state index contributed by atoms with van der Waals surface area (Å²) < 4.78 is 23.1. The van der Waals surface area contributed by atoms with Crippen LogP contribution in [0.3, 0.4) is 0 Å². The molecule has 0 saturated carbocycles. The molecule has 0 radical (unpaired) electrons. The number of hydrogen-bond acceptors (Lipinski definition) is 4. The molecule has 2 N–H and O–H groups in total. The van der Waals surface area contributed by atoms with E-state index in [0.29, 0.717) is 5.69 Å². The molecule has 21 heavy (non-hydrogen) atoms. The van der Waals surface area contributed by atoms with Crippen LogP contribution in [0.15, 0.2) is 41.3 Å².